The Labute approximate surface area is 80.6 Å². The average Bonchev–Trinajstić information content (AvgIpc) is 1.96. The van der Waals surface area contributed by atoms with Gasteiger partial charge in [0.15, 0.2) is 0 Å². The Bertz CT molecular complexity index is 275. The number of carbonyl (C=O) groups excluding carboxylic acids is 1. The Morgan fingerprint density at radius 2 is 1.79 bits per heavy atom. The molecular formula is C9H13F2NO2. The molecule has 2 N–H and O–H groups in total. The van der Waals surface area contributed by atoms with E-state index in [4.69, 9.17) is 5.73 Å². The van der Waals surface area contributed by atoms with E-state index in [-0.39, 0.29) is 18.3 Å². The average molecular weight is 205 g/mol. The molecule has 3 nitrogen and oxygen atoms in total. The van der Waals surface area contributed by atoms with Gasteiger partial charge in [0.05, 0.1) is 7.11 Å². The highest BCUT2D eigenvalue weighted by Crippen LogP contribution is 2.65. The lowest BCUT2D eigenvalue weighted by atomic mass is 9.47. The van der Waals surface area contributed by atoms with E-state index in [0.717, 1.165) is 0 Å². The molecule has 5 heteroatoms. The zero-order valence-corrected chi connectivity index (χ0v) is 7.98. The Kier molecular flexibility index (Phi) is 1.72. The number of hydrogen-bond donors (Lipinski definition) is 1. The van der Waals surface area contributed by atoms with Crippen LogP contribution in [0, 0.1) is 5.41 Å². The molecule has 0 aromatic heterocycles. The summed E-state index contributed by atoms with van der Waals surface area (Å²) in [6.45, 7) is 0. The van der Waals surface area contributed by atoms with Crippen molar-refractivity contribution in [3.63, 3.8) is 0 Å². The van der Waals surface area contributed by atoms with E-state index in [0.29, 0.717) is 12.8 Å². The van der Waals surface area contributed by atoms with Gasteiger partial charge in [-0.15, -0.1) is 0 Å². The van der Waals surface area contributed by atoms with E-state index in [2.05, 4.69) is 4.74 Å². The minimum absolute atomic E-state index is 0.129. The number of rotatable bonds is 1. The summed E-state index contributed by atoms with van der Waals surface area (Å²) in [4.78, 5) is 11.2. The Morgan fingerprint density at radius 3 is 2.14 bits per heavy atom. The summed E-state index contributed by atoms with van der Waals surface area (Å²) in [7, 11) is 1.26. The monoisotopic (exact) mass is 205 g/mol. The van der Waals surface area contributed by atoms with Gasteiger partial charge in [0.2, 0.25) is 5.92 Å². The summed E-state index contributed by atoms with van der Waals surface area (Å²) in [5, 5.41) is 0. The third-order valence-electron chi connectivity index (χ3n) is 3.24. The largest absolute Gasteiger partial charge is 0.468 e. The van der Waals surface area contributed by atoms with Crippen molar-refractivity contribution in [2.75, 3.05) is 7.11 Å². The SMILES string of the molecule is COC(=O)C1(N)CC2(CC(F)(F)C2)C1. The van der Waals surface area contributed by atoms with Crippen LogP contribution < -0.4 is 5.73 Å². The number of nitrogens with two attached hydrogens (primary N) is 1. The third kappa shape index (κ3) is 1.22. The summed E-state index contributed by atoms with van der Waals surface area (Å²) < 4.78 is 29.8. The third-order valence-corrected chi connectivity index (χ3v) is 3.24. The summed E-state index contributed by atoms with van der Waals surface area (Å²) in [5.74, 6) is -3.03. The second-order valence-corrected chi connectivity index (χ2v) is 4.71. The standard InChI is InChI=1S/C9H13F2NO2/c1-14-6(13)8(12)2-7(3-8)4-9(10,11)5-7/h2-5,12H2,1H3. The van der Waals surface area contributed by atoms with E-state index in [9.17, 15) is 13.6 Å². The molecule has 0 atom stereocenters. The molecule has 0 amide bonds. The van der Waals surface area contributed by atoms with Crippen molar-refractivity contribution in [2.45, 2.75) is 37.1 Å². The van der Waals surface area contributed by atoms with E-state index >= 15 is 0 Å². The second-order valence-electron chi connectivity index (χ2n) is 4.71. The van der Waals surface area contributed by atoms with Gasteiger partial charge in [-0.05, 0) is 18.3 Å². The van der Waals surface area contributed by atoms with Crippen molar-refractivity contribution in [3.8, 4) is 0 Å². The minimum Gasteiger partial charge on any atom is -0.468 e. The van der Waals surface area contributed by atoms with Crippen LogP contribution in [0.5, 0.6) is 0 Å². The van der Waals surface area contributed by atoms with Crippen LogP contribution in [0.15, 0.2) is 0 Å². The van der Waals surface area contributed by atoms with Gasteiger partial charge in [-0.2, -0.15) is 0 Å². The molecule has 2 fully saturated rings. The van der Waals surface area contributed by atoms with E-state index in [1.165, 1.54) is 7.11 Å². The molecule has 2 saturated carbocycles. The van der Waals surface area contributed by atoms with Gasteiger partial charge in [-0.25, -0.2) is 8.78 Å². The highest BCUT2D eigenvalue weighted by atomic mass is 19.3. The number of carbonyl (C=O) groups is 1. The molecule has 1 spiro atoms. The predicted molar refractivity (Wildman–Crippen MR) is 44.8 cm³/mol. The van der Waals surface area contributed by atoms with Gasteiger partial charge in [-0.1, -0.05) is 0 Å². The first kappa shape index (κ1) is 9.83. The highest BCUT2D eigenvalue weighted by Gasteiger charge is 2.68. The Balaban J connectivity index is 1.94. The van der Waals surface area contributed by atoms with Crippen LogP contribution in [0.1, 0.15) is 25.7 Å². The molecule has 2 aliphatic carbocycles. The van der Waals surface area contributed by atoms with Gasteiger partial charge in [0.1, 0.15) is 5.54 Å². The summed E-state index contributed by atoms with van der Waals surface area (Å²) >= 11 is 0. The molecule has 0 aromatic rings. The summed E-state index contributed by atoms with van der Waals surface area (Å²) in [6.07, 6.45) is 0.413. The maximum absolute atomic E-state index is 12.6. The zero-order chi connectivity index (χ0) is 10.6. The van der Waals surface area contributed by atoms with Crippen LogP contribution in [0.25, 0.3) is 0 Å². The normalized spacial score (nSPS) is 30.3. The summed E-state index contributed by atoms with van der Waals surface area (Å²) in [6, 6.07) is 0. The smallest absolute Gasteiger partial charge is 0.325 e. The van der Waals surface area contributed by atoms with Gasteiger partial charge < -0.3 is 10.5 Å². The van der Waals surface area contributed by atoms with Gasteiger partial charge in [0, 0.05) is 12.8 Å². The molecule has 0 radical (unpaired) electrons. The molecule has 0 saturated heterocycles. The van der Waals surface area contributed by atoms with Crippen molar-refractivity contribution in [1.82, 2.24) is 0 Å². The first-order valence-electron chi connectivity index (χ1n) is 4.56. The lowest BCUT2D eigenvalue weighted by molar-refractivity contribution is -0.218. The number of ether oxygens (including phenoxy) is 1. The maximum atomic E-state index is 12.6. The number of alkyl halides is 2. The van der Waals surface area contributed by atoms with Gasteiger partial charge >= 0.3 is 5.97 Å². The van der Waals surface area contributed by atoms with Crippen molar-refractivity contribution >= 4 is 5.97 Å². The fourth-order valence-electron chi connectivity index (χ4n) is 2.93. The molecule has 0 bridgehead atoms. The van der Waals surface area contributed by atoms with Crippen LogP contribution in [-0.2, 0) is 9.53 Å². The number of esters is 1. The first-order chi connectivity index (χ1) is 6.31. The number of methoxy groups -OCH3 is 1. The quantitative estimate of drug-likeness (QED) is 0.651. The molecule has 0 aliphatic heterocycles. The number of halogens is 2. The molecule has 14 heavy (non-hydrogen) atoms. The molecule has 80 valence electrons. The van der Waals surface area contributed by atoms with E-state index in [1.807, 2.05) is 0 Å². The molecule has 0 heterocycles. The topological polar surface area (TPSA) is 52.3 Å². The second kappa shape index (κ2) is 2.45. The lowest BCUT2D eigenvalue weighted by Gasteiger charge is -2.60. The maximum Gasteiger partial charge on any atom is 0.325 e. The van der Waals surface area contributed by atoms with Crippen LogP contribution >= 0.6 is 0 Å². The van der Waals surface area contributed by atoms with Crippen LogP contribution in [0.3, 0.4) is 0 Å². The molecule has 2 aliphatic rings. The van der Waals surface area contributed by atoms with Gasteiger partial charge in [-0.3, -0.25) is 4.79 Å². The number of hydrogen-bond acceptors (Lipinski definition) is 3. The van der Waals surface area contributed by atoms with Crippen molar-refractivity contribution in [3.05, 3.63) is 0 Å². The molecular weight excluding hydrogens is 192 g/mol. The molecule has 2 rings (SSSR count). The summed E-state index contributed by atoms with van der Waals surface area (Å²) in [5.41, 5.74) is 4.32. The predicted octanol–water partition coefficient (Wildman–Crippen LogP) is 1.07. The fourth-order valence-corrected chi connectivity index (χ4v) is 2.93. The lowest BCUT2D eigenvalue weighted by Crippen LogP contribution is -2.68. The zero-order valence-electron chi connectivity index (χ0n) is 7.98. The van der Waals surface area contributed by atoms with Crippen LogP contribution in [0.2, 0.25) is 0 Å². The Hall–Kier alpha value is -0.710. The van der Waals surface area contributed by atoms with Crippen LogP contribution in [0.4, 0.5) is 8.78 Å². The van der Waals surface area contributed by atoms with Crippen LogP contribution in [-0.4, -0.2) is 24.5 Å². The molecule has 0 unspecified atom stereocenters. The fraction of sp³-hybridized carbons (Fsp3) is 0.889. The molecule has 0 aromatic carbocycles. The van der Waals surface area contributed by atoms with Crippen molar-refractivity contribution < 1.29 is 18.3 Å². The van der Waals surface area contributed by atoms with Crippen molar-refractivity contribution in [1.29, 1.82) is 0 Å². The van der Waals surface area contributed by atoms with E-state index < -0.39 is 17.4 Å². The highest BCUT2D eigenvalue weighted by molar-refractivity contribution is 5.82. The van der Waals surface area contributed by atoms with Crippen molar-refractivity contribution in [2.24, 2.45) is 11.1 Å². The Morgan fingerprint density at radius 1 is 1.29 bits per heavy atom. The van der Waals surface area contributed by atoms with E-state index in [1.54, 1.807) is 0 Å². The minimum atomic E-state index is -2.54. The van der Waals surface area contributed by atoms with Gasteiger partial charge in [0.25, 0.3) is 0 Å². The first-order valence-corrected chi connectivity index (χ1v) is 4.56.